The number of carboxylic acid groups (broad SMARTS) is 1. The van der Waals surface area contributed by atoms with Gasteiger partial charge >= 0.3 is 24.0 Å². The number of benzene rings is 1. The molecule has 1 saturated heterocycles. The molecule has 176 valence electrons. The van der Waals surface area contributed by atoms with Crippen LogP contribution in [0.5, 0.6) is 0 Å². The van der Waals surface area contributed by atoms with Gasteiger partial charge in [-0.3, -0.25) is 4.79 Å². The minimum atomic E-state index is -5.08. The van der Waals surface area contributed by atoms with E-state index in [2.05, 4.69) is 20.9 Å². The Bertz CT molecular complexity index is 903. The zero-order valence-corrected chi connectivity index (χ0v) is 16.6. The van der Waals surface area contributed by atoms with Crippen LogP contribution in [-0.2, 0) is 10.5 Å². The highest BCUT2D eigenvalue weighted by Gasteiger charge is 2.65. The molecule has 32 heavy (non-hydrogen) atoms. The maximum atomic E-state index is 13.1. The van der Waals surface area contributed by atoms with Gasteiger partial charge in [-0.2, -0.15) is 26.3 Å². The SMILES string of the molecule is O=C(NC1CCC12CCNCC2)c1cccc(C2(C(F)(F)F)N=N2)c1.O=C(O)C(F)(F)F. The number of nitrogens with zero attached hydrogens (tertiary/aromatic N) is 2. The predicted octanol–water partition coefficient (Wildman–Crippen LogP) is 3.76. The summed E-state index contributed by atoms with van der Waals surface area (Å²) < 4.78 is 71.1. The lowest BCUT2D eigenvalue weighted by atomic mass is 9.59. The van der Waals surface area contributed by atoms with Crippen molar-refractivity contribution in [2.45, 2.75) is 49.7 Å². The van der Waals surface area contributed by atoms with Gasteiger partial charge in [0.25, 0.3) is 5.91 Å². The highest BCUT2D eigenvalue weighted by Crippen LogP contribution is 2.52. The van der Waals surface area contributed by atoms with Crippen molar-refractivity contribution in [3.05, 3.63) is 35.4 Å². The smallest absolute Gasteiger partial charge is 0.475 e. The van der Waals surface area contributed by atoms with Crippen LogP contribution in [0.2, 0.25) is 0 Å². The average Bonchev–Trinajstić information content (AvgIpc) is 3.54. The van der Waals surface area contributed by atoms with Crippen molar-refractivity contribution in [3.8, 4) is 0 Å². The van der Waals surface area contributed by atoms with Crippen LogP contribution in [0, 0.1) is 5.41 Å². The first kappa shape index (κ1) is 24.0. The van der Waals surface area contributed by atoms with Crippen molar-refractivity contribution in [2.24, 2.45) is 15.6 Å². The van der Waals surface area contributed by atoms with Gasteiger partial charge in [-0.25, -0.2) is 4.79 Å². The topological polar surface area (TPSA) is 103 Å². The van der Waals surface area contributed by atoms with E-state index in [0.29, 0.717) is 0 Å². The summed E-state index contributed by atoms with van der Waals surface area (Å²) in [6.07, 6.45) is -5.62. The Morgan fingerprint density at radius 2 is 1.66 bits per heavy atom. The summed E-state index contributed by atoms with van der Waals surface area (Å²) in [6, 6.07) is 5.62. The molecule has 3 N–H and O–H groups in total. The lowest BCUT2D eigenvalue weighted by molar-refractivity contribution is -0.192. The average molecular weight is 466 g/mol. The van der Waals surface area contributed by atoms with E-state index in [9.17, 15) is 31.1 Å². The number of carboxylic acids is 1. The van der Waals surface area contributed by atoms with Crippen molar-refractivity contribution in [3.63, 3.8) is 0 Å². The number of nitrogens with one attached hydrogen (secondary N) is 2. The quantitative estimate of drug-likeness (QED) is 0.591. The van der Waals surface area contributed by atoms with Crippen molar-refractivity contribution in [1.82, 2.24) is 10.6 Å². The first-order valence-corrected chi connectivity index (χ1v) is 9.74. The molecular formula is C19H20F6N4O3. The van der Waals surface area contributed by atoms with Crippen LogP contribution < -0.4 is 10.6 Å². The van der Waals surface area contributed by atoms with Gasteiger partial charge in [-0.1, -0.05) is 12.1 Å². The summed E-state index contributed by atoms with van der Waals surface area (Å²) in [5.41, 5.74) is -2.24. The molecule has 2 fully saturated rings. The second-order valence-electron chi connectivity index (χ2n) is 7.93. The lowest BCUT2D eigenvalue weighted by Gasteiger charge is -2.52. The molecule has 1 spiro atoms. The Labute approximate surface area is 178 Å². The second-order valence-corrected chi connectivity index (χ2v) is 7.93. The highest BCUT2D eigenvalue weighted by molar-refractivity contribution is 5.94. The van der Waals surface area contributed by atoms with Crippen molar-refractivity contribution >= 4 is 11.9 Å². The first-order valence-electron chi connectivity index (χ1n) is 9.74. The standard InChI is InChI=1S/C17H19F3N4O.C2HF3O2/c18-17(19,20)16(23-24-16)12-3-1-2-11(10-12)14(25)22-13-4-5-15(13)6-8-21-9-7-15;3-2(4,5)1(6)7/h1-3,10,13,21H,4-9H2,(H,22,25);(H,6,7). The van der Waals surface area contributed by atoms with Crippen LogP contribution in [0.15, 0.2) is 34.5 Å². The molecule has 0 radical (unpaired) electrons. The third-order valence-corrected chi connectivity index (χ3v) is 6.04. The number of aliphatic carboxylic acids is 1. The molecule has 7 nitrogen and oxygen atoms in total. The van der Waals surface area contributed by atoms with Crippen LogP contribution in [0.25, 0.3) is 0 Å². The van der Waals surface area contributed by atoms with E-state index < -0.39 is 24.0 Å². The fourth-order valence-corrected chi connectivity index (χ4v) is 4.01. The highest BCUT2D eigenvalue weighted by atomic mass is 19.4. The summed E-state index contributed by atoms with van der Waals surface area (Å²) in [5, 5.41) is 19.9. The Morgan fingerprint density at radius 1 is 1.06 bits per heavy atom. The van der Waals surface area contributed by atoms with E-state index in [1.807, 2.05) is 0 Å². The molecule has 1 atom stereocenters. The number of carbonyl (C=O) groups is 2. The molecule has 0 aromatic heterocycles. The summed E-state index contributed by atoms with van der Waals surface area (Å²) in [6.45, 7) is 1.89. The summed E-state index contributed by atoms with van der Waals surface area (Å²) in [4.78, 5) is 21.4. The summed E-state index contributed by atoms with van der Waals surface area (Å²) in [5.74, 6) is -3.09. The van der Waals surface area contributed by atoms with E-state index in [1.54, 1.807) is 0 Å². The van der Waals surface area contributed by atoms with Crippen LogP contribution in [0.3, 0.4) is 0 Å². The van der Waals surface area contributed by atoms with E-state index in [4.69, 9.17) is 9.90 Å². The molecule has 2 heterocycles. The number of hydrogen-bond donors (Lipinski definition) is 3. The maximum Gasteiger partial charge on any atom is 0.490 e. The van der Waals surface area contributed by atoms with Gasteiger partial charge in [0.05, 0.1) is 0 Å². The van der Waals surface area contributed by atoms with Crippen LogP contribution >= 0.6 is 0 Å². The lowest BCUT2D eigenvalue weighted by Crippen LogP contribution is -2.58. The molecule has 0 bridgehead atoms. The van der Waals surface area contributed by atoms with Gasteiger partial charge in [0.2, 0.25) is 0 Å². The summed E-state index contributed by atoms with van der Waals surface area (Å²) >= 11 is 0. The number of carbonyl (C=O) groups excluding carboxylic acids is 1. The number of alkyl halides is 6. The van der Waals surface area contributed by atoms with E-state index in [-0.39, 0.29) is 28.5 Å². The largest absolute Gasteiger partial charge is 0.490 e. The number of hydrogen-bond acceptors (Lipinski definition) is 5. The molecule has 1 aromatic carbocycles. The molecule has 1 aliphatic carbocycles. The Balaban J connectivity index is 0.000000360. The maximum absolute atomic E-state index is 13.1. The normalized spacial score (nSPS) is 22.9. The molecule has 3 aliphatic rings. The number of amides is 1. The molecule has 1 saturated carbocycles. The molecule has 1 aromatic rings. The molecule has 4 rings (SSSR count). The van der Waals surface area contributed by atoms with Crippen LogP contribution in [0.4, 0.5) is 26.3 Å². The Hall–Kier alpha value is -2.70. The predicted molar refractivity (Wildman–Crippen MR) is 97.7 cm³/mol. The van der Waals surface area contributed by atoms with E-state index >= 15 is 0 Å². The van der Waals surface area contributed by atoms with Crippen molar-refractivity contribution in [2.75, 3.05) is 13.1 Å². The van der Waals surface area contributed by atoms with Gasteiger partial charge in [0.15, 0.2) is 0 Å². The fraction of sp³-hybridized carbons (Fsp3) is 0.579. The third kappa shape index (κ3) is 4.71. The zero-order valence-electron chi connectivity index (χ0n) is 16.6. The van der Waals surface area contributed by atoms with Crippen molar-refractivity contribution < 1.29 is 41.0 Å². The van der Waals surface area contributed by atoms with Gasteiger partial charge in [-0.15, -0.1) is 10.2 Å². The molecule has 13 heteroatoms. The van der Waals surface area contributed by atoms with E-state index in [0.717, 1.165) is 38.8 Å². The number of halogens is 6. The minimum Gasteiger partial charge on any atom is -0.475 e. The zero-order chi connectivity index (χ0) is 23.8. The Kier molecular flexibility index (Phi) is 6.24. The molecule has 1 amide bonds. The number of rotatable bonds is 3. The van der Waals surface area contributed by atoms with Crippen molar-refractivity contribution in [1.29, 1.82) is 0 Å². The first-order chi connectivity index (χ1) is 14.8. The van der Waals surface area contributed by atoms with Crippen LogP contribution in [-0.4, -0.2) is 48.5 Å². The Morgan fingerprint density at radius 3 is 2.09 bits per heavy atom. The minimum absolute atomic E-state index is 0.0950. The number of piperidine rings is 1. The monoisotopic (exact) mass is 466 g/mol. The molecule has 1 unspecified atom stereocenters. The van der Waals surface area contributed by atoms with Gasteiger partial charge < -0.3 is 15.7 Å². The summed E-state index contributed by atoms with van der Waals surface area (Å²) in [7, 11) is 0. The fourth-order valence-electron chi connectivity index (χ4n) is 4.01. The van der Waals surface area contributed by atoms with E-state index in [1.165, 1.54) is 24.3 Å². The van der Waals surface area contributed by atoms with Gasteiger partial charge in [0, 0.05) is 17.2 Å². The van der Waals surface area contributed by atoms with Crippen LogP contribution in [0.1, 0.15) is 41.6 Å². The van der Waals surface area contributed by atoms with Gasteiger partial charge in [-0.05, 0) is 56.3 Å². The third-order valence-electron chi connectivity index (χ3n) is 6.04. The molecular weight excluding hydrogens is 446 g/mol. The van der Waals surface area contributed by atoms with Gasteiger partial charge in [0.1, 0.15) is 0 Å². The second kappa shape index (κ2) is 8.34. The molecule has 2 aliphatic heterocycles.